The van der Waals surface area contributed by atoms with Gasteiger partial charge in [0, 0.05) is 0 Å². The lowest BCUT2D eigenvalue weighted by molar-refractivity contribution is -0.774. The fraction of sp³-hybridized carbons (Fsp3) is 0.860. The van der Waals surface area contributed by atoms with E-state index in [9.17, 15) is 13.0 Å². The van der Waals surface area contributed by atoms with Gasteiger partial charge in [-0.15, -0.1) is 0 Å². The highest BCUT2D eigenvalue weighted by atomic mass is 32.2. The van der Waals surface area contributed by atoms with Crippen molar-refractivity contribution in [3.63, 3.8) is 0 Å². The standard InChI is InChI=1S/C43H83NO3S/c1-4-7-10-13-16-19-22-25-28-31-34-39-44(42-37-38-43-48(45,46)47,40-35-32-29-26-23-20-17-14-11-8-5-2)41-36-33-30-27-24-21-18-15-12-9-6-3/h34-36,39-41H,4-33,37-38,42-43H2,1-3H3/p+1/b39-34+,40-35+,41-36+. The van der Waals surface area contributed by atoms with Crippen LogP contribution in [0.2, 0.25) is 0 Å². The molecule has 0 radical (unpaired) electrons. The van der Waals surface area contributed by atoms with E-state index in [-0.39, 0.29) is 5.75 Å². The zero-order valence-electron chi connectivity index (χ0n) is 32.6. The largest absolute Gasteiger partial charge is 0.286 e. The maximum atomic E-state index is 11.4. The van der Waals surface area contributed by atoms with E-state index in [4.69, 9.17) is 0 Å². The van der Waals surface area contributed by atoms with E-state index in [1.54, 1.807) is 0 Å². The first-order chi connectivity index (χ1) is 23.4. The van der Waals surface area contributed by atoms with Crippen molar-refractivity contribution >= 4 is 10.1 Å². The third-order valence-corrected chi connectivity index (χ3v) is 10.6. The van der Waals surface area contributed by atoms with Gasteiger partial charge in [0.2, 0.25) is 0 Å². The van der Waals surface area contributed by atoms with Crippen molar-refractivity contribution in [3.05, 3.63) is 36.8 Å². The molecule has 0 aliphatic rings. The fourth-order valence-corrected chi connectivity index (χ4v) is 7.14. The average Bonchev–Trinajstić information content (AvgIpc) is 3.06. The first-order valence-electron chi connectivity index (χ1n) is 21.2. The molecule has 0 bridgehead atoms. The van der Waals surface area contributed by atoms with Crippen LogP contribution in [0.4, 0.5) is 0 Å². The van der Waals surface area contributed by atoms with Crippen molar-refractivity contribution in [2.45, 2.75) is 226 Å². The highest BCUT2D eigenvalue weighted by molar-refractivity contribution is 7.85. The van der Waals surface area contributed by atoms with E-state index < -0.39 is 10.1 Å². The van der Waals surface area contributed by atoms with Gasteiger partial charge in [0.25, 0.3) is 10.1 Å². The van der Waals surface area contributed by atoms with Crippen LogP contribution in [0.3, 0.4) is 0 Å². The molecule has 0 aliphatic carbocycles. The molecule has 0 spiro atoms. The molecule has 4 nitrogen and oxygen atoms in total. The monoisotopic (exact) mass is 695 g/mol. The van der Waals surface area contributed by atoms with Crippen molar-refractivity contribution in [1.82, 2.24) is 0 Å². The predicted molar refractivity (Wildman–Crippen MR) is 214 cm³/mol. The van der Waals surface area contributed by atoms with Crippen molar-refractivity contribution in [2.24, 2.45) is 0 Å². The highest BCUT2D eigenvalue weighted by Gasteiger charge is 2.19. The van der Waals surface area contributed by atoms with E-state index in [1.807, 2.05) is 0 Å². The lowest BCUT2D eigenvalue weighted by Crippen LogP contribution is -2.32. The molecule has 0 saturated carbocycles. The topological polar surface area (TPSA) is 54.4 Å². The molecular weight excluding hydrogens is 611 g/mol. The Hall–Kier alpha value is -0.910. The second-order valence-electron chi connectivity index (χ2n) is 14.7. The van der Waals surface area contributed by atoms with Crippen LogP contribution < -0.4 is 0 Å². The molecule has 0 aromatic rings. The average molecular weight is 695 g/mol. The van der Waals surface area contributed by atoms with Crippen LogP contribution in [0.25, 0.3) is 0 Å². The maximum absolute atomic E-state index is 11.4. The summed E-state index contributed by atoms with van der Waals surface area (Å²) >= 11 is 0. The Morgan fingerprint density at radius 2 is 0.667 bits per heavy atom. The number of rotatable bonds is 38. The Labute approximate surface area is 302 Å². The van der Waals surface area contributed by atoms with Gasteiger partial charge in [-0.05, 0) is 69.6 Å². The molecule has 0 aliphatic heterocycles. The summed E-state index contributed by atoms with van der Waals surface area (Å²) in [6.07, 6.45) is 55.0. The Morgan fingerprint density at radius 1 is 0.396 bits per heavy atom. The molecular formula is C43H84NO3S+. The zero-order chi connectivity index (χ0) is 35.3. The predicted octanol–water partition coefficient (Wildman–Crippen LogP) is 14.8. The smallest absolute Gasteiger partial charge is 0.264 e. The maximum Gasteiger partial charge on any atom is 0.264 e. The van der Waals surface area contributed by atoms with Crippen LogP contribution in [0.1, 0.15) is 226 Å². The van der Waals surface area contributed by atoms with Crippen molar-refractivity contribution in [3.8, 4) is 0 Å². The molecule has 0 amide bonds. The van der Waals surface area contributed by atoms with E-state index in [0.717, 1.165) is 32.2 Å². The third-order valence-electron chi connectivity index (χ3n) is 9.77. The summed E-state index contributed by atoms with van der Waals surface area (Å²) in [5.74, 6) is -0.153. The summed E-state index contributed by atoms with van der Waals surface area (Å²) in [5, 5.41) is 0. The lowest BCUT2D eigenvalue weighted by Gasteiger charge is -2.27. The summed E-state index contributed by atoms with van der Waals surface area (Å²) < 4.78 is 32.8. The Morgan fingerprint density at radius 3 is 0.938 bits per heavy atom. The minimum absolute atomic E-state index is 0.153. The van der Waals surface area contributed by atoms with Gasteiger partial charge < -0.3 is 0 Å². The second kappa shape index (κ2) is 35.9. The van der Waals surface area contributed by atoms with Gasteiger partial charge >= 0.3 is 0 Å². The van der Waals surface area contributed by atoms with Crippen molar-refractivity contribution in [2.75, 3.05) is 12.3 Å². The molecule has 0 unspecified atom stereocenters. The molecule has 1 N–H and O–H groups in total. The molecule has 5 heteroatoms. The van der Waals surface area contributed by atoms with Gasteiger partial charge in [-0.25, -0.2) is 4.48 Å². The summed E-state index contributed by atoms with van der Waals surface area (Å²) in [5.41, 5.74) is 0. The number of hydrogen-bond donors (Lipinski definition) is 1. The van der Waals surface area contributed by atoms with Gasteiger partial charge in [-0.1, -0.05) is 175 Å². The second-order valence-corrected chi connectivity index (χ2v) is 16.3. The summed E-state index contributed by atoms with van der Waals surface area (Å²) in [4.78, 5) is 0. The molecule has 284 valence electrons. The summed E-state index contributed by atoms with van der Waals surface area (Å²) in [6, 6.07) is 0. The van der Waals surface area contributed by atoms with Crippen LogP contribution in [0.5, 0.6) is 0 Å². The number of nitrogens with zero attached hydrogens (tertiary/aromatic N) is 1. The van der Waals surface area contributed by atoms with Gasteiger partial charge in [0.1, 0.15) is 18.6 Å². The molecule has 0 aromatic carbocycles. The van der Waals surface area contributed by atoms with Gasteiger partial charge in [0.15, 0.2) is 0 Å². The zero-order valence-corrected chi connectivity index (χ0v) is 33.4. The number of unbranched alkanes of at least 4 members (excludes halogenated alkanes) is 28. The number of allylic oxidation sites excluding steroid dienone is 3. The van der Waals surface area contributed by atoms with Crippen LogP contribution in [0.15, 0.2) is 36.8 Å². The van der Waals surface area contributed by atoms with Gasteiger partial charge in [-0.2, -0.15) is 8.42 Å². The van der Waals surface area contributed by atoms with Gasteiger partial charge in [0.05, 0.1) is 12.3 Å². The Bertz CT molecular complexity index is 769. The molecule has 48 heavy (non-hydrogen) atoms. The van der Waals surface area contributed by atoms with Crippen LogP contribution in [0, 0.1) is 0 Å². The highest BCUT2D eigenvalue weighted by Crippen LogP contribution is 2.20. The Balaban J connectivity index is 5.14. The van der Waals surface area contributed by atoms with E-state index in [1.165, 1.54) is 173 Å². The normalized spacial score (nSPS) is 12.8. The van der Waals surface area contributed by atoms with Crippen molar-refractivity contribution in [1.29, 1.82) is 0 Å². The van der Waals surface area contributed by atoms with Crippen molar-refractivity contribution < 1.29 is 17.5 Å². The summed E-state index contributed by atoms with van der Waals surface area (Å²) in [7, 11) is -3.92. The molecule has 0 atom stereocenters. The van der Waals surface area contributed by atoms with E-state index in [2.05, 4.69) is 57.6 Å². The van der Waals surface area contributed by atoms with E-state index >= 15 is 0 Å². The SMILES string of the molecule is CCCCCCCCCCC/C=C/[N+](/C=C/CCCCCCCCCCC)(/C=C/CCCCCCCCCCC)CCCCS(=O)(=O)O. The molecule has 0 saturated heterocycles. The first-order valence-corrected chi connectivity index (χ1v) is 22.9. The van der Waals surface area contributed by atoms with Gasteiger partial charge in [-0.3, -0.25) is 4.55 Å². The number of hydrogen-bond acceptors (Lipinski definition) is 2. The Kier molecular flexibility index (Phi) is 35.2. The minimum atomic E-state index is -3.92. The van der Waals surface area contributed by atoms with Crippen LogP contribution in [-0.2, 0) is 10.1 Å². The molecule has 0 heterocycles. The molecule has 0 rings (SSSR count). The fourth-order valence-electron chi connectivity index (χ4n) is 6.57. The quantitative estimate of drug-likeness (QED) is 0.0398. The molecule has 0 aromatic heterocycles. The number of quaternary nitrogens is 1. The first kappa shape index (κ1) is 47.1. The lowest BCUT2D eigenvalue weighted by atomic mass is 10.1. The minimum Gasteiger partial charge on any atom is -0.286 e. The van der Waals surface area contributed by atoms with Crippen LogP contribution >= 0.6 is 0 Å². The van der Waals surface area contributed by atoms with E-state index in [0.29, 0.717) is 10.9 Å². The third kappa shape index (κ3) is 34.9. The van der Waals surface area contributed by atoms with Crippen LogP contribution in [-0.4, -0.2) is 29.8 Å². The molecule has 0 fully saturated rings. The summed E-state index contributed by atoms with van der Waals surface area (Å²) in [6.45, 7) is 7.67.